The van der Waals surface area contributed by atoms with Gasteiger partial charge in [0.15, 0.2) is 15.8 Å². The lowest BCUT2D eigenvalue weighted by molar-refractivity contribution is 0.307. The molecule has 8 heteroatoms. The third-order valence-electron chi connectivity index (χ3n) is 4.21. The lowest BCUT2D eigenvalue weighted by Gasteiger charge is -2.13. The first kappa shape index (κ1) is 23.7. The second-order valence-corrected chi connectivity index (χ2v) is 9.11. The maximum Gasteiger partial charge on any atom is 0.191 e. The van der Waals surface area contributed by atoms with Crippen LogP contribution in [0.5, 0.6) is 5.75 Å². The van der Waals surface area contributed by atoms with Gasteiger partial charge in [0.2, 0.25) is 0 Å². The van der Waals surface area contributed by atoms with Crippen LogP contribution in [0.3, 0.4) is 0 Å². The largest absolute Gasteiger partial charge is 0.494 e. The van der Waals surface area contributed by atoms with Crippen molar-refractivity contribution in [1.29, 1.82) is 0 Å². The van der Waals surface area contributed by atoms with E-state index in [9.17, 15) is 12.8 Å². The fourth-order valence-electron chi connectivity index (χ4n) is 2.81. The van der Waals surface area contributed by atoms with E-state index in [0.29, 0.717) is 36.8 Å². The van der Waals surface area contributed by atoms with Crippen molar-refractivity contribution in [2.24, 2.45) is 4.99 Å². The number of ether oxygens (including phenoxy) is 1. The Morgan fingerprint density at radius 1 is 1.07 bits per heavy atom. The highest BCUT2D eigenvalue weighted by Crippen LogP contribution is 2.15. The molecule has 0 saturated carbocycles. The van der Waals surface area contributed by atoms with Crippen molar-refractivity contribution in [3.8, 4) is 5.75 Å². The molecule has 0 aliphatic carbocycles. The van der Waals surface area contributed by atoms with Gasteiger partial charge < -0.3 is 15.4 Å². The summed E-state index contributed by atoms with van der Waals surface area (Å²) in [5, 5.41) is 6.39. The summed E-state index contributed by atoms with van der Waals surface area (Å²) in [4.78, 5) is 4.48. The molecule has 0 radical (unpaired) electrons. The van der Waals surface area contributed by atoms with Crippen LogP contribution < -0.4 is 15.4 Å². The minimum Gasteiger partial charge on any atom is -0.494 e. The van der Waals surface area contributed by atoms with Gasteiger partial charge in [-0.25, -0.2) is 17.8 Å². The van der Waals surface area contributed by atoms with Crippen molar-refractivity contribution in [3.63, 3.8) is 0 Å². The van der Waals surface area contributed by atoms with Crippen LogP contribution in [0.2, 0.25) is 0 Å². The van der Waals surface area contributed by atoms with Gasteiger partial charge in [0.25, 0.3) is 0 Å². The Balaban J connectivity index is 1.86. The number of halogens is 1. The number of nitrogens with zero attached hydrogens (tertiary/aromatic N) is 1. The first-order valence-electron chi connectivity index (χ1n) is 10.0. The average molecular weight is 436 g/mol. The molecule has 0 aromatic heterocycles. The highest BCUT2D eigenvalue weighted by molar-refractivity contribution is 7.89. The van der Waals surface area contributed by atoms with Crippen molar-refractivity contribution < 1.29 is 17.5 Å². The molecular formula is C22H30FN3O3S. The topological polar surface area (TPSA) is 79.8 Å². The number of hydrogen-bond acceptors (Lipinski definition) is 4. The van der Waals surface area contributed by atoms with E-state index in [4.69, 9.17) is 4.74 Å². The van der Waals surface area contributed by atoms with E-state index < -0.39 is 15.7 Å². The number of guanidine groups is 1. The quantitative estimate of drug-likeness (QED) is 0.322. The number of nitrogens with one attached hydrogen (secondary N) is 2. The van der Waals surface area contributed by atoms with Crippen LogP contribution in [0.25, 0.3) is 0 Å². The SMILES string of the molecule is CCNC(=NCc1cc(F)ccc1CS(C)(=O)=O)NCCCCOc1ccccc1. The van der Waals surface area contributed by atoms with E-state index in [2.05, 4.69) is 15.6 Å². The zero-order chi connectivity index (χ0) is 21.8. The maximum atomic E-state index is 13.7. The summed E-state index contributed by atoms with van der Waals surface area (Å²) >= 11 is 0. The Hall–Kier alpha value is -2.61. The molecule has 164 valence electrons. The second kappa shape index (κ2) is 12.2. The minimum absolute atomic E-state index is 0.135. The van der Waals surface area contributed by atoms with Crippen molar-refractivity contribution in [2.75, 3.05) is 26.0 Å². The molecule has 2 aromatic rings. The molecule has 0 spiro atoms. The summed E-state index contributed by atoms with van der Waals surface area (Å²) in [6, 6.07) is 13.8. The van der Waals surface area contributed by atoms with E-state index >= 15 is 0 Å². The smallest absolute Gasteiger partial charge is 0.191 e. The van der Waals surface area contributed by atoms with Gasteiger partial charge in [-0.2, -0.15) is 0 Å². The fourth-order valence-corrected chi connectivity index (χ4v) is 3.66. The second-order valence-electron chi connectivity index (χ2n) is 6.97. The number of sulfone groups is 1. The van der Waals surface area contributed by atoms with Crippen LogP contribution in [0.1, 0.15) is 30.9 Å². The number of rotatable bonds is 11. The molecule has 0 aliphatic rings. The van der Waals surface area contributed by atoms with Crippen LogP contribution in [0.4, 0.5) is 4.39 Å². The average Bonchev–Trinajstić information content (AvgIpc) is 2.70. The van der Waals surface area contributed by atoms with Gasteiger partial charge in [-0.05, 0) is 55.2 Å². The third kappa shape index (κ3) is 9.26. The molecule has 0 atom stereocenters. The molecule has 30 heavy (non-hydrogen) atoms. The van der Waals surface area contributed by atoms with E-state index in [1.54, 1.807) is 0 Å². The van der Waals surface area contributed by atoms with Crippen LogP contribution in [-0.2, 0) is 22.1 Å². The highest BCUT2D eigenvalue weighted by Gasteiger charge is 2.10. The number of aliphatic imine (C=N–C) groups is 1. The Kier molecular flexibility index (Phi) is 9.60. The van der Waals surface area contributed by atoms with Crippen molar-refractivity contribution >= 4 is 15.8 Å². The Morgan fingerprint density at radius 3 is 2.53 bits per heavy atom. The molecular weight excluding hydrogens is 405 g/mol. The molecule has 0 aliphatic heterocycles. The zero-order valence-corrected chi connectivity index (χ0v) is 18.3. The Bertz CT molecular complexity index is 918. The van der Waals surface area contributed by atoms with E-state index in [1.807, 2.05) is 37.3 Å². The van der Waals surface area contributed by atoms with Crippen LogP contribution in [0.15, 0.2) is 53.5 Å². The molecule has 2 N–H and O–H groups in total. The summed E-state index contributed by atoms with van der Waals surface area (Å²) < 4.78 is 42.6. The summed E-state index contributed by atoms with van der Waals surface area (Å²) in [6.07, 6.45) is 2.96. The molecule has 0 bridgehead atoms. The first-order valence-corrected chi connectivity index (χ1v) is 12.1. The van der Waals surface area contributed by atoms with E-state index in [-0.39, 0.29) is 12.3 Å². The Morgan fingerprint density at radius 2 is 1.83 bits per heavy atom. The Labute approximate surface area is 178 Å². The van der Waals surface area contributed by atoms with Gasteiger partial charge in [-0.3, -0.25) is 0 Å². The van der Waals surface area contributed by atoms with Gasteiger partial charge in [0.05, 0.1) is 18.9 Å². The van der Waals surface area contributed by atoms with Crippen LogP contribution >= 0.6 is 0 Å². The molecule has 0 saturated heterocycles. The van der Waals surface area contributed by atoms with Crippen LogP contribution in [-0.4, -0.2) is 40.3 Å². The van der Waals surface area contributed by atoms with E-state index in [0.717, 1.165) is 24.8 Å². The number of unbranched alkanes of at least 4 members (excludes halogenated alkanes) is 1. The van der Waals surface area contributed by atoms with Gasteiger partial charge in [0.1, 0.15) is 11.6 Å². The summed E-state index contributed by atoms with van der Waals surface area (Å²) in [7, 11) is -3.22. The summed E-state index contributed by atoms with van der Waals surface area (Å²) in [5.41, 5.74) is 1.13. The fraction of sp³-hybridized carbons (Fsp3) is 0.409. The summed E-state index contributed by atoms with van der Waals surface area (Å²) in [5.74, 6) is 0.925. The highest BCUT2D eigenvalue weighted by atomic mass is 32.2. The number of benzene rings is 2. The monoisotopic (exact) mass is 435 g/mol. The molecule has 2 rings (SSSR count). The van der Waals surface area contributed by atoms with Crippen LogP contribution in [0, 0.1) is 5.82 Å². The predicted octanol–water partition coefficient (Wildman–Crippen LogP) is 3.28. The summed E-state index contributed by atoms with van der Waals surface area (Å²) in [6.45, 7) is 4.18. The van der Waals surface area contributed by atoms with Gasteiger partial charge in [-0.15, -0.1) is 0 Å². The molecule has 0 heterocycles. The maximum absolute atomic E-state index is 13.7. The van der Waals surface area contributed by atoms with Gasteiger partial charge >= 0.3 is 0 Å². The van der Waals surface area contributed by atoms with Crippen molar-refractivity contribution in [3.05, 3.63) is 65.5 Å². The van der Waals surface area contributed by atoms with Crippen molar-refractivity contribution in [2.45, 2.75) is 32.1 Å². The normalized spacial score (nSPS) is 11.9. The standard InChI is InChI=1S/C22H30FN3O3S/c1-3-24-22(25-13-7-8-14-29-21-9-5-4-6-10-21)26-16-19-15-20(23)12-11-18(19)17-30(2,27)28/h4-6,9-12,15H,3,7-8,13-14,16-17H2,1-2H3,(H2,24,25,26). The lowest BCUT2D eigenvalue weighted by atomic mass is 10.1. The number of hydrogen-bond donors (Lipinski definition) is 2. The molecule has 0 fully saturated rings. The minimum atomic E-state index is -3.22. The van der Waals surface area contributed by atoms with Gasteiger partial charge in [0, 0.05) is 19.3 Å². The lowest BCUT2D eigenvalue weighted by Crippen LogP contribution is -2.37. The first-order chi connectivity index (χ1) is 14.4. The zero-order valence-electron chi connectivity index (χ0n) is 17.5. The molecule has 2 aromatic carbocycles. The van der Waals surface area contributed by atoms with Gasteiger partial charge in [-0.1, -0.05) is 24.3 Å². The van der Waals surface area contributed by atoms with Crippen molar-refractivity contribution in [1.82, 2.24) is 10.6 Å². The number of para-hydroxylation sites is 1. The van der Waals surface area contributed by atoms with E-state index in [1.165, 1.54) is 18.2 Å². The molecule has 0 amide bonds. The predicted molar refractivity (Wildman–Crippen MR) is 119 cm³/mol. The molecule has 0 unspecified atom stereocenters. The molecule has 6 nitrogen and oxygen atoms in total. The third-order valence-corrected chi connectivity index (χ3v) is 5.05.